The lowest BCUT2D eigenvalue weighted by molar-refractivity contribution is 0.426. The van der Waals surface area contributed by atoms with Crippen LogP contribution in [0, 0.1) is 0 Å². The van der Waals surface area contributed by atoms with Gasteiger partial charge in [-0.1, -0.05) is 179 Å². The molecule has 0 radical (unpaired) electrons. The third-order valence-electron chi connectivity index (χ3n) is 12.8. The summed E-state index contributed by atoms with van der Waals surface area (Å²) in [6.07, 6.45) is 14.5. The van der Waals surface area contributed by atoms with Gasteiger partial charge in [-0.25, -0.2) is 0 Å². The molecule has 4 aliphatic rings. The van der Waals surface area contributed by atoms with E-state index < -0.39 is 0 Å². The normalized spacial score (nSPS) is 18.3. The molecule has 0 saturated carbocycles. The molecule has 56 heavy (non-hydrogen) atoms. The van der Waals surface area contributed by atoms with Crippen LogP contribution in [-0.4, -0.2) is 4.98 Å². The van der Waals surface area contributed by atoms with Gasteiger partial charge in [0.25, 0.3) is 0 Å². The molecule has 2 nitrogen and oxygen atoms in total. The summed E-state index contributed by atoms with van der Waals surface area (Å²) in [5, 5.41) is 2.69. The van der Waals surface area contributed by atoms with Crippen molar-refractivity contribution in [3.63, 3.8) is 0 Å². The number of fused-ring (bicyclic) bond motifs is 8. The van der Waals surface area contributed by atoms with Crippen molar-refractivity contribution in [3.8, 4) is 39.1 Å². The Morgan fingerprint density at radius 2 is 1.32 bits per heavy atom. The van der Waals surface area contributed by atoms with Crippen molar-refractivity contribution in [2.24, 2.45) is 0 Å². The number of hydrogen-bond acceptors (Lipinski definition) is 1. The first kappa shape index (κ1) is 34.4. The lowest BCUT2D eigenvalue weighted by atomic mass is 9.58. The van der Waals surface area contributed by atoms with Crippen LogP contribution in [0.5, 0.6) is 5.75 Å². The van der Waals surface area contributed by atoms with E-state index in [1.54, 1.807) is 5.57 Å². The van der Waals surface area contributed by atoms with Crippen molar-refractivity contribution in [3.05, 3.63) is 197 Å². The first-order valence-corrected chi connectivity index (χ1v) is 20.2. The summed E-state index contributed by atoms with van der Waals surface area (Å²) < 4.78 is 6.34. The maximum absolute atomic E-state index is 6.34. The maximum atomic E-state index is 6.34. The molecule has 0 fully saturated rings. The van der Waals surface area contributed by atoms with Gasteiger partial charge in [0.1, 0.15) is 11.5 Å². The quantitative estimate of drug-likeness (QED) is 0.193. The number of aromatic amines is 1. The van der Waals surface area contributed by atoms with E-state index in [2.05, 4.69) is 197 Å². The molecule has 1 aliphatic heterocycles. The third kappa shape index (κ3) is 5.46. The summed E-state index contributed by atoms with van der Waals surface area (Å²) in [7, 11) is 0. The number of nitrogens with one attached hydrogen (secondary N) is 1. The Hall–Kier alpha value is -6.12. The van der Waals surface area contributed by atoms with Gasteiger partial charge in [0.05, 0.1) is 5.52 Å². The first-order valence-electron chi connectivity index (χ1n) is 20.2. The molecule has 1 unspecified atom stereocenters. The minimum atomic E-state index is 0.0581. The average Bonchev–Trinajstić information content (AvgIpc) is 3.82. The number of ether oxygens (including phenoxy) is 1. The Bertz CT molecular complexity index is 2800. The molecule has 11 rings (SSSR count). The van der Waals surface area contributed by atoms with Gasteiger partial charge in [-0.3, -0.25) is 0 Å². The van der Waals surface area contributed by atoms with Crippen LogP contribution >= 0.6 is 0 Å². The number of hydrogen-bond donors (Lipinski definition) is 1. The highest BCUT2D eigenvalue weighted by atomic mass is 16.5. The summed E-state index contributed by atoms with van der Waals surface area (Å²) in [6, 6.07) is 47.9. The zero-order chi connectivity index (χ0) is 38.0. The highest BCUT2D eigenvalue weighted by molar-refractivity contribution is 6.09. The van der Waals surface area contributed by atoms with Crippen molar-refractivity contribution >= 4 is 21.8 Å². The van der Waals surface area contributed by atoms with Crippen LogP contribution in [0.15, 0.2) is 181 Å². The van der Waals surface area contributed by atoms with Crippen molar-refractivity contribution in [1.29, 1.82) is 0 Å². The molecule has 7 aromatic rings. The molecule has 0 amide bonds. The van der Waals surface area contributed by atoms with Gasteiger partial charge in [0.2, 0.25) is 0 Å². The smallest absolute Gasteiger partial charge is 0.138 e. The second kappa shape index (κ2) is 13.3. The number of rotatable bonds is 3. The molecule has 3 aliphatic carbocycles. The Balaban J connectivity index is 0.000000140. The molecule has 1 N–H and O–H groups in total. The van der Waals surface area contributed by atoms with Crippen LogP contribution in [0.1, 0.15) is 69.6 Å². The summed E-state index contributed by atoms with van der Waals surface area (Å²) >= 11 is 0. The van der Waals surface area contributed by atoms with Gasteiger partial charge in [-0.2, -0.15) is 0 Å². The first-order chi connectivity index (χ1) is 27.3. The van der Waals surface area contributed by atoms with Gasteiger partial charge in [0.15, 0.2) is 0 Å². The van der Waals surface area contributed by atoms with E-state index in [1.807, 2.05) is 0 Å². The summed E-state index contributed by atoms with van der Waals surface area (Å²) in [5.41, 5.74) is 17.4. The van der Waals surface area contributed by atoms with E-state index in [1.165, 1.54) is 78.3 Å². The van der Waals surface area contributed by atoms with Crippen molar-refractivity contribution in [2.45, 2.75) is 63.7 Å². The number of aromatic nitrogens is 1. The Morgan fingerprint density at radius 1 is 0.625 bits per heavy atom. The standard InChI is InChI=1S/C30H22O.C24H25N/c1-2-10-21(11-3-1)24-14-4-5-15-25(24)22-12-8-13-23(20-22)26-17-9-18-28-27-16-6-7-19-29(27)31-30(26)28;1-23(2)17-10-6-7-11-18(17)24(3,4)21-19(23)14-13-16-15-9-5-8-12-20(15)25-22(16)21/h1-15,17-20,27H,16H2;5-6,8-10,12-14,25H,7,11H2,1-4H3. The SMILES string of the molecule is C1=CCC2C(=C1)Oc1c(-c3cccc(-c4ccccc4-c4ccccc4)c3)cccc12.CC1(C)C2=C(CCC=C2)C(C)(C)c2c1ccc1c2[nH]c2ccccc21. The number of allylic oxidation sites excluding steroid dienone is 8. The van der Waals surface area contributed by atoms with Gasteiger partial charge >= 0.3 is 0 Å². The largest absolute Gasteiger partial charge is 0.460 e. The molecule has 274 valence electrons. The monoisotopic (exact) mass is 725 g/mol. The van der Waals surface area contributed by atoms with Gasteiger partial charge in [-0.15, -0.1) is 0 Å². The fraction of sp³-hybridized carbons (Fsp3) is 0.185. The fourth-order valence-corrected chi connectivity index (χ4v) is 10.0. The number of benzene rings is 6. The van der Waals surface area contributed by atoms with E-state index in [-0.39, 0.29) is 10.8 Å². The maximum Gasteiger partial charge on any atom is 0.138 e. The van der Waals surface area contributed by atoms with Crippen molar-refractivity contribution < 1.29 is 4.74 Å². The van der Waals surface area contributed by atoms with Crippen molar-refractivity contribution in [2.75, 3.05) is 0 Å². The molecule has 0 bridgehead atoms. The number of H-pyrrole nitrogens is 1. The molecule has 0 saturated heterocycles. The van der Waals surface area contributed by atoms with Crippen LogP contribution in [0.4, 0.5) is 0 Å². The highest BCUT2D eigenvalue weighted by Crippen LogP contribution is 2.54. The third-order valence-corrected chi connectivity index (χ3v) is 12.8. The average molecular weight is 726 g/mol. The van der Waals surface area contributed by atoms with E-state index in [4.69, 9.17) is 4.74 Å². The van der Waals surface area contributed by atoms with Gasteiger partial charge in [0, 0.05) is 44.2 Å². The molecule has 1 aromatic heterocycles. The predicted octanol–water partition coefficient (Wildman–Crippen LogP) is 14.5. The van der Waals surface area contributed by atoms with E-state index in [0.29, 0.717) is 5.92 Å². The van der Waals surface area contributed by atoms with E-state index in [9.17, 15) is 0 Å². The molecular weight excluding hydrogens is 679 g/mol. The highest BCUT2D eigenvalue weighted by Gasteiger charge is 2.44. The molecule has 2 heterocycles. The minimum absolute atomic E-state index is 0.0581. The van der Waals surface area contributed by atoms with Crippen LogP contribution in [0.2, 0.25) is 0 Å². The molecule has 0 spiro atoms. The lowest BCUT2D eigenvalue weighted by Gasteiger charge is -2.46. The number of para-hydroxylation sites is 2. The second-order valence-electron chi connectivity index (χ2n) is 16.8. The minimum Gasteiger partial charge on any atom is -0.460 e. The van der Waals surface area contributed by atoms with Crippen LogP contribution in [0.25, 0.3) is 55.2 Å². The van der Waals surface area contributed by atoms with Crippen LogP contribution < -0.4 is 4.74 Å². The van der Waals surface area contributed by atoms with E-state index in [0.717, 1.165) is 29.9 Å². The van der Waals surface area contributed by atoms with E-state index >= 15 is 0 Å². The van der Waals surface area contributed by atoms with Gasteiger partial charge < -0.3 is 9.72 Å². The van der Waals surface area contributed by atoms with Gasteiger partial charge in [-0.05, 0) is 82.0 Å². The predicted molar refractivity (Wildman–Crippen MR) is 235 cm³/mol. The molecule has 6 aromatic carbocycles. The Morgan fingerprint density at radius 3 is 2.16 bits per heavy atom. The topological polar surface area (TPSA) is 25.0 Å². The summed E-state index contributed by atoms with van der Waals surface area (Å²) in [4.78, 5) is 3.75. The Kier molecular flexibility index (Phi) is 8.15. The summed E-state index contributed by atoms with van der Waals surface area (Å²) in [5.74, 6) is 2.42. The zero-order valence-corrected chi connectivity index (χ0v) is 32.7. The van der Waals surface area contributed by atoms with Crippen molar-refractivity contribution in [1.82, 2.24) is 4.98 Å². The summed E-state index contributed by atoms with van der Waals surface area (Å²) in [6.45, 7) is 9.61. The van der Waals surface area contributed by atoms with Crippen LogP contribution in [0.3, 0.4) is 0 Å². The lowest BCUT2D eigenvalue weighted by Crippen LogP contribution is -2.37. The van der Waals surface area contributed by atoms with Crippen LogP contribution in [-0.2, 0) is 10.8 Å². The molecule has 1 atom stereocenters. The molecular formula is C54H47NO. The molecule has 2 heteroatoms. The fourth-order valence-electron chi connectivity index (χ4n) is 10.0. The second-order valence-corrected chi connectivity index (χ2v) is 16.8. The zero-order valence-electron chi connectivity index (χ0n) is 32.7. The Labute approximate surface area is 330 Å².